The number of nitrogens with zero attached hydrogens (tertiary/aromatic N) is 1. The molecule has 3 heteroatoms. The molecule has 0 amide bonds. The van der Waals surface area contributed by atoms with E-state index in [1.54, 1.807) is 0 Å². The second kappa shape index (κ2) is 7.20. The lowest BCUT2D eigenvalue weighted by atomic mass is 10.0. The van der Waals surface area contributed by atoms with Gasteiger partial charge in [0, 0.05) is 13.2 Å². The first-order chi connectivity index (χ1) is 7.26. The van der Waals surface area contributed by atoms with Crippen LogP contribution < -0.4 is 5.73 Å². The van der Waals surface area contributed by atoms with Crippen molar-refractivity contribution in [3.05, 3.63) is 0 Å². The highest BCUT2D eigenvalue weighted by molar-refractivity contribution is 4.73. The van der Waals surface area contributed by atoms with Crippen molar-refractivity contribution < 1.29 is 4.74 Å². The molecule has 0 bridgehead atoms. The monoisotopic (exact) mass is 214 g/mol. The minimum Gasteiger partial charge on any atom is -0.377 e. The van der Waals surface area contributed by atoms with Crippen LogP contribution in [0.25, 0.3) is 0 Å². The van der Waals surface area contributed by atoms with E-state index in [0.29, 0.717) is 12.0 Å². The largest absolute Gasteiger partial charge is 0.377 e. The summed E-state index contributed by atoms with van der Waals surface area (Å²) < 4.78 is 5.68. The van der Waals surface area contributed by atoms with Gasteiger partial charge in [0.25, 0.3) is 0 Å². The molecule has 2 N–H and O–H groups in total. The summed E-state index contributed by atoms with van der Waals surface area (Å²) in [6.07, 6.45) is 4.20. The Morgan fingerprint density at radius 2 is 2.33 bits per heavy atom. The molecule has 0 aromatic carbocycles. The molecule has 1 rings (SSSR count). The van der Waals surface area contributed by atoms with Gasteiger partial charge in [-0.1, -0.05) is 6.92 Å². The van der Waals surface area contributed by atoms with Crippen LogP contribution in [0.3, 0.4) is 0 Å². The van der Waals surface area contributed by atoms with Gasteiger partial charge in [0.05, 0.1) is 6.10 Å². The van der Waals surface area contributed by atoms with Gasteiger partial charge in [-0.3, -0.25) is 0 Å². The first kappa shape index (κ1) is 12.9. The average molecular weight is 214 g/mol. The average Bonchev–Trinajstić information content (AvgIpc) is 2.27. The Kier molecular flexibility index (Phi) is 6.22. The maximum atomic E-state index is 5.68. The summed E-state index contributed by atoms with van der Waals surface area (Å²) in [7, 11) is 0. The van der Waals surface area contributed by atoms with E-state index in [-0.39, 0.29) is 0 Å². The molecule has 0 saturated carbocycles. The number of likely N-dealkylation sites (tertiary alicyclic amines) is 1. The number of ether oxygens (including phenoxy) is 1. The Labute approximate surface area is 94.0 Å². The Morgan fingerprint density at radius 3 is 3.00 bits per heavy atom. The third-order valence-corrected chi connectivity index (χ3v) is 3.21. The van der Waals surface area contributed by atoms with Crippen LogP contribution in [0.15, 0.2) is 0 Å². The molecule has 0 spiro atoms. The highest BCUT2D eigenvalue weighted by atomic mass is 16.5. The van der Waals surface area contributed by atoms with Crippen LogP contribution >= 0.6 is 0 Å². The van der Waals surface area contributed by atoms with Crippen LogP contribution in [0.1, 0.15) is 33.1 Å². The maximum absolute atomic E-state index is 5.68. The minimum atomic E-state index is 0.469. The lowest BCUT2D eigenvalue weighted by molar-refractivity contribution is 0.00486. The topological polar surface area (TPSA) is 38.5 Å². The maximum Gasteiger partial charge on any atom is 0.0702 e. The van der Waals surface area contributed by atoms with E-state index in [1.807, 2.05) is 0 Å². The second-order valence-electron chi connectivity index (χ2n) is 4.65. The van der Waals surface area contributed by atoms with Crippen LogP contribution in [0.4, 0.5) is 0 Å². The van der Waals surface area contributed by atoms with E-state index in [2.05, 4.69) is 18.7 Å². The third kappa shape index (κ3) is 4.96. The van der Waals surface area contributed by atoms with Gasteiger partial charge < -0.3 is 15.4 Å². The number of hydrogen-bond acceptors (Lipinski definition) is 3. The van der Waals surface area contributed by atoms with Crippen molar-refractivity contribution in [1.29, 1.82) is 0 Å². The van der Waals surface area contributed by atoms with Crippen molar-refractivity contribution in [1.82, 2.24) is 4.90 Å². The Hall–Kier alpha value is -0.120. The number of nitrogens with two attached hydrogens (primary N) is 1. The zero-order chi connectivity index (χ0) is 11.1. The summed E-state index contributed by atoms with van der Waals surface area (Å²) in [5.74, 6) is 0.650. The predicted octanol–water partition coefficient (Wildman–Crippen LogP) is 1.47. The Morgan fingerprint density at radius 1 is 1.53 bits per heavy atom. The molecule has 0 radical (unpaired) electrons. The van der Waals surface area contributed by atoms with E-state index in [1.165, 1.54) is 32.4 Å². The molecule has 2 atom stereocenters. The summed E-state index contributed by atoms with van der Waals surface area (Å²) >= 11 is 0. The second-order valence-corrected chi connectivity index (χ2v) is 4.65. The van der Waals surface area contributed by atoms with E-state index in [0.717, 1.165) is 19.7 Å². The SMILES string of the molecule is CCOC1CCCN(CCC(C)CN)C1. The smallest absolute Gasteiger partial charge is 0.0702 e. The van der Waals surface area contributed by atoms with Crippen LogP contribution in [-0.4, -0.2) is 43.8 Å². The fraction of sp³-hybridized carbons (Fsp3) is 1.00. The molecule has 1 saturated heterocycles. The molecule has 1 aliphatic heterocycles. The zero-order valence-electron chi connectivity index (χ0n) is 10.2. The van der Waals surface area contributed by atoms with Gasteiger partial charge in [-0.15, -0.1) is 0 Å². The third-order valence-electron chi connectivity index (χ3n) is 3.21. The van der Waals surface area contributed by atoms with Crippen molar-refractivity contribution in [3.63, 3.8) is 0 Å². The van der Waals surface area contributed by atoms with Crippen molar-refractivity contribution >= 4 is 0 Å². The number of hydrogen-bond donors (Lipinski definition) is 1. The van der Waals surface area contributed by atoms with E-state index in [4.69, 9.17) is 10.5 Å². The van der Waals surface area contributed by atoms with Crippen molar-refractivity contribution in [2.45, 2.75) is 39.2 Å². The molecule has 0 aromatic rings. The lowest BCUT2D eigenvalue weighted by Gasteiger charge is -2.32. The fourth-order valence-electron chi connectivity index (χ4n) is 2.11. The van der Waals surface area contributed by atoms with Gasteiger partial charge in [0.1, 0.15) is 0 Å². The molecule has 1 fully saturated rings. The molecule has 15 heavy (non-hydrogen) atoms. The van der Waals surface area contributed by atoms with Gasteiger partial charge in [-0.25, -0.2) is 0 Å². The van der Waals surface area contributed by atoms with Gasteiger partial charge in [-0.05, 0) is 51.7 Å². The zero-order valence-corrected chi connectivity index (χ0v) is 10.2. The minimum absolute atomic E-state index is 0.469. The van der Waals surface area contributed by atoms with Crippen molar-refractivity contribution in [2.75, 3.05) is 32.8 Å². The fourth-order valence-corrected chi connectivity index (χ4v) is 2.11. The molecule has 1 heterocycles. The molecular weight excluding hydrogens is 188 g/mol. The van der Waals surface area contributed by atoms with Crippen LogP contribution in [0.2, 0.25) is 0 Å². The highest BCUT2D eigenvalue weighted by Gasteiger charge is 2.19. The first-order valence-electron chi connectivity index (χ1n) is 6.30. The van der Waals surface area contributed by atoms with E-state index >= 15 is 0 Å². The standard InChI is InChI=1S/C12H26N2O/c1-3-15-12-5-4-7-14(10-12)8-6-11(2)9-13/h11-12H,3-10,13H2,1-2H3. The Bertz CT molecular complexity index is 162. The molecule has 3 nitrogen and oxygen atoms in total. The first-order valence-corrected chi connectivity index (χ1v) is 6.30. The number of piperidine rings is 1. The quantitative estimate of drug-likeness (QED) is 0.728. The van der Waals surface area contributed by atoms with Crippen LogP contribution in [0.5, 0.6) is 0 Å². The van der Waals surface area contributed by atoms with Crippen LogP contribution in [0, 0.1) is 5.92 Å². The summed E-state index contributed by atoms with van der Waals surface area (Å²) in [6, 6.07) is 0. The lowest BCUT2D eigenvalue weighted by Crippen LogP contribution is -2.40. The van der Waals surface area contributed by atoms with Gasteiger partial charge in [-0.2, -0.15) is 0 Å². The molecule has 90 valence electrons. The Balaban J connectivity index is 2.18. The molecule has 0 aliphatic carbocycles. The van der Waals surface area contributed by atoms with E-state index in [9.17, 15) is 0 Å². The van der Waals surface area contributed by atoms with Crippen molar-refractivity contribution in [2.24, 2.45) is 11.7 Å². The molecule has 1 aliphatic rings. The summed E-state index contributed by atoms with van der Waals surface area (Å²) in [4.78, 5) is 2.52. The summed E-state index contributed by atoms with van der Waals surface area (Å²) in [6.45, 7) is 9.49. The normalized spacial score (nSPS) is 25.4. The number of rotatable bonds is 6. The van der Waals surface area contributed by atoms with Gasteiger partial charge >= 0.3 is 0 Å². The predicted molar refractivity (Wildman–Crippen MR) is 63.9 cm³/mol. The highest BCUT2D eigenvalue weighted by Crippen LogP contribution is 2.14. The molecular formula is C12H26N2O. The summed E-state index contributed by atoms with van der Waals surface area (Å²) in [5.41, 5.74) is 5.62. The van der Waals surface area contributed by atoms with Crippen molar-refractivity contribution in [3.8, 4) is 0 Å². The summed E-state index contributed by atoms with van der Waals surface area (Å²) in [5, 5.41) is 0. The van der Waals surface area contributed by atoms with Crippen LogP contribution in [-0.2, 0) is 4.74 Å². The van der Waals surface area contributed by atoms with E-state index < -0.39 is 0 Å². The van der Waals surface area contributed by atoms with Gasteiger partial charge in [0.2, 0.25) is 0 Å². The van der Waals surface area contributed by atoms with Gasteiger partial charge in [0.15, 0.2) is 0 Å². The molecule has 2 unspecified atom stereocenters. The molecule has 0 aromatic heterocycles.